The van der Waals surface area contributed by atoms with Gasteiger partial charge in [0.1, 0.15) is 17.2 Å². The minimum Gasteiger partial charge on any atom is -0.423 e. The highest BCUT2D eigenvalue weighted by atomic mass is 19.1. The first-order valence-electron chi connectivity index (χ1n) is 13.2. The zero-order chi connectivity index (χ0) is 32.9. The normalized spacial score (nSPS) is 10.3. The SMILES string of the molecule is C=C(C)C(=O)Oc1ccc(-c2cc(OC(=O)C(=C)C)c(-c3cc(C)c(OC(=O)C(=C)C)c(F)c3)cc2OC(=O)C(=C)C)cc1. The molecule has 0 atom stereocenters. The number of ether oxygens (including phenoxy) is 4. The summed E-state index contributed by atoms with van der Waals surface area (Å²) in [5, 5.41) is 0. The van der Waals surface area contributed by atoms with E-state index in [0.717, 1.165) is 6.07 Å². The Morgan fingerprint density at radius 3 is 1.41 bits per heavy atom. The Labute approximate surface area is 254 Å². The van der Waals surface area contributed by atoms with Crippen LogP contribution >= 0.6 is 0 Å². The van der Waals surface area contributed by atoms with E-state index in [4.69, 9.17) is 18.9 Å². The Bertz CT molecular complexity index is 1720. The Balaban J connectivity index is 2.25. The van der Waals surface area contributed by atoms with Crippen molar-refractivity contribution in [3.63, 3.8) is 0 Å². The van der Waals surface area contributed by atoms with Crippen molar-refractivity contribution in [2.24, 2.45) is 0 Å². The molecule has 0 radical (unpaired) electrons. The number of halogens is 1. The highest BCUT2D eigenvalue weighted by Crippen LogP contribution is 2.43. The second-order valence-corrected chi connectivity index (χ2v) is 10.2. The molecule has 9 heteroatoms. The van der Waals surface area contributed by atoms with Crippen molar-refractivity contribution < 1.29 is 42.5 Å². The average molecular weight is 599 g/mol. The first-order chi connectivity index (χ1) is 20.6. The van der Waals surface area contributed by atoms with E-state index >= 15 is 4.39 Å². The van der Waals surface area contributed by atoms with Gasteiger partial charge in [0.25, 0.3) is 0 Å². The van der Waals surface area contributed by atoms with Crippen LogP contribution < -0.4 is 18.9 Å². The Morgan fingerprint density at radius 2 is 0.977 bits per heavy atom. The number of aryl methyl sites for hydroxylation is 1. The minimum absolute atomic E-state index is 0.00797. The molecule has 44 heavy (non-hydrogen) atoms. The van der Waals surface area contributed by atoms with Crippen LogP contribution in [0.15, 0.2) is 97.1 Å². The summed E-state index contributed by atoms with van der Waals surface area (Å²) in [6.07, 6.45) is 0. The molecule has 0 N–H and O–H groups in total. The summed E-state index contributed by atoms with van der Waals surface area (Å²) < 4.78 is 37.0. The lowest BCUT2D eigenvalue weighted by Gasteiger charge is -2.18. The molecule has 0 heterocycles. The molecule has 0 aliphatic rings. The van der Waals surface area contributed by atoms with Gasteiger partial charge in [-0.3, -0.25) is 0 Å². The van der Waals surface area contributed by atoms with E-state index in [1.54, 1.807) is 12.1 Å². The average Bonchev–Trinajstić information content (AvgIpc) is 2.95. The summed E-state index contributed by atoms with van der Waals surface area (Å²) in [6, 6.07) is 11.7. The van der Waals surface area contributed by atoms with E-state index in [9.17, 15) is 19.2 Å². The number of carbonyl (C=O) groups excluding carboxylic acids is 4. The summed E-state index contributed by atoms with van der Waals surface area (Å²) in [5.74, 6) is -3.78. The molecule has 8 nitrogen and oxygen atoms in total. The molecular weight excluding hydrogens is 567 g/mol. The first-order valence-corrected chi connectivity index (χ1v) is 13.2. The molecule has 3 aromatic rings. The van der Waals surface area contributed by atoms with Gasteiger partial charge in [-0.2, -0.15) is 0 Å². The Morgan fingerprint density at radius 1 is 0.568 bits per heavy atom. The van der Waals surface area contributed by atoms with Crippen LogP contribution in [0.4, 0.5) is 4.39 Å². The molecule has 226 valence electrons. The van der Waals surface area contributed by atoms with Gasteiger partial charge in [0.05, 0.1) is 0 Å². The summed E-state index contributed by atoms with van der Waals surface area (Å²) in [5.41, 5.74) is 1.99. The Hall–Kier alpha value is -5.57. The van der Waals surface area contributed by atoms with Gasteiger partial charge in [-0.1, -0.05) is 38.4 Å². The number of hydrogen-bond donors (Lipinski definition) is 0. The number of hydrogen-bond acceptors (Lipinski definition) is 8. The third-order valence-corrected chi connectivity index (χ3v) is 5.99. The third-order valence-electron chi connectivity index (χ3n) is 5.99. The quantitative estimate of drug-likeness (QED) is 0.135. The molecule has 3 rings (SSSR count). The first kappa shape index (κ1) is 32.9. The molecule has 0 saturated carbocycles. The molecule has 0 aliphatic heterocycles. The van der Waals surface area contributed by atoms with Crippen LogP contribution in [-0.4, -0.2) is 23.9 Å². The van der Waals surface area contributed by atoms with Gasteiger partial charge in [-0.15, -0.1) is 0 Å². The van der Waals surface area contributed by atoms with E-state index in [1.807, 2.05) is 0 Å². The number of esters is 4. The monoisotopic (exact) mass is 598 g/mol. The van der Waals surface area contributed by atoms with Crippen LogP contribution in [0.5, 0.6) is 23.0 Å². The standard InChI is InChI=1S/C35H31FO8/c1-18(2)32(37)41-25-12-10-23(11-13-25)26-16-30(43-34(39)20(5)6)27(17-29(26)42-33(38)19(3)4)24-14-22(9)31(28(36)15-24)44-35(40)21(7)8/h10-17H,1,3,5,7H2,2,4,6,8-9H3. The number of carbonyl (C=O) groups is 4. The van der Waals surface area contributed by atoms with Gasteiger partial charge in [-0.05, 0) is 87.7 Å². The van der Waals surface area contributed by atoms with Crippen LogP contribution in [0.2, 0.25) is 0 Å². The van der Waals surface area contributed by atoms with Gasteiger partial charge in [0.2, 0.25) is 0 Å². The smallest absolute Gasteiger partial charge is 0.338 e. The molecule has 0 aromatic heterocycles. The van der Waals surface area contributed by atoms with Gasteiger partial charge in [0, 0.05) is 33.4 Å². The van der Waals surface area contributed by atoms with Gasteiger partial charge in [0.15, 0.2) is 11.6 Å². The maximum atomic E-state index is 15.3. The summed E-state index contributed by atoms with van der Waals surface area (Å²) in [6.45, 7) is 21.7. The maximum Gasteiger partial charge on any atom is 0.338 e. The molecule has 0 aliphatic carbocycles. The third kappa shape index (κ3) is 7.83. The van der Waals surface area contributed by atoms with Crippen LogP contribution in [0.25, 0.3) is 22.3 Å². The van der Waals surface area contributed by atoms with Gasteiger partial charge < -0.3 is 18.9 Å². The molecule has 0 amide bonds. The van der Waals surface area contributed by atoms with Crippen LogP contribution in [0, 0.1) is 12.7 Å². The van der Waals surface area contributed by atoms with Crippen molar-refractivity contribution in [3.05, 3.63) is 109 Å². The van der Waals surface area contributed by atoms with Gasteiger partial charge >= 0.3 is 23.9 Å². The van der Waals surface area contributed by atoms with E-state index in [1.165, 1.54) is 65.0 Å². The largest absolute Gasteiger partial charge is 0.423 e. The van der Waals surface area contributed by atoms with Gasteiger partial charge in [-0.25, -0.2) is 23.6 Å². The minimum atomic E-state index is -0.865. The van der Waals surface area contributed by atoms with Crippen molar-refractivity contribution in [1.82, 2.24) is 0 Å². The molecular formula is C35H31FO8. The van der Waals surface area contributed by atoms with E-state index in [2.05, 4.69) is 26.3 Å². The van der Waals surface area contributed by atoms with Crippen molar-refractivity contribution in [1.29, 1.82) is 0 Å². The van der Waals surface area contributed by atoms with Crippen LogP contribution in [-0.2, 0) is 19.2 Å². The lowest BCUT2D eigenvalue weighted by atomic mass is 9.96. The topological polar surface area (TPSA) is 105 Å². The summed E-state index contributed by atoms with van der Waals surface area (Å²) in [7, 11) is 0. The van der Waals surface area contributed by atoms with Crippen molar-refractivity contribution >= 4 is 23.9 Å². The number of rotatable bonds is 10. The van der Waals surface area contributed by atoms with Crippen LogP contribution in [0.1, 0.15) is 33.3 Å². The lowest BCUT2D eigenvalue weighted by Crippen LogP contribution is -2.12. The maximum absolute atomic E-state index is 15.3. The molecule has 0 unspecified atom stereocenters. The fraction of sp³-hybridized carbons (Fsp3) is 0.143. The second-order valence-electron chi connectivity index (χ2n) is 10.2. The zero-order valence-electron chi connectivity index (χ0n) is 25.1. The fourth-order valence-electron chi connectivity index (χ4n) is 3.65. The zero-order valence-corrected chi connectivity index (χ0v) is 25.1. The fourth-order valence-corrected chi connectivity index (χ4v) is 3.65. The predicted octanol–water partition coefficient (Wildman–Crippen LogP) is 7.39. The van der Waals surface area contributed by atoms with E-state index < -0.39 is 29.7 Å². The molecule has 0 fully saturated rings. The Kier molecular flexibility index (Phi) is 10.2. The molecule has 3 aromatic carbocycles. The summed E-state index contributed by atoms with van der Waals surface area (Å²) in [4.78, 5) is 49.3. The molecule has 0 saturated heterocycles. The van der Waals surface area contributed by atoms with Crippen molar-refractivity contribution in [2.75, 3.05) is 0 Å². The second kappa shape index (κ2) is 13.6. The van der Waals surface area contributed by atoms with E-state index in [0.29, 0.717) is 11.1 Å². The highest BCUT2D eigenvalue weighted by Gasteiger charge is 2.23. The van der Waals surface area contributed by atoms with E-state index in [-0.39, 0.29) is 62.0 Å². The lowest BCUT2D eigenvalue weighted by molar-refractivity contribution is -0.131. The highest BCUT2D eigenvalue weighted by molar-refractivity contribution is 5.94. The predicted molar refractivity (Wildman–Crippen MR) is 164 cm³/mol. The van der Waals surface area contributed by atoms with Crippen molar-refractivity contribution in [3.8, 4) is 45.3 Å². The summed E-state index contributed by atoms with van der Waals surface area (Å²) >= 11 is 0. The number of benzene rings is 3. The molecule has 0 spiro atoms. The van der Waals surface area contributed by atoms with Crippen LogP contribution in [0.3, 0.4) is 0 Å². The van der Waals surface area contributed by atoms with Crippen molar-refractivity contribution in [2.45, 2.75) is 34.6 Å². The molecule has 0 bridgehead atoms.